The second-order valence-corrected chi connectivity index (χ2v) is 5.37. The highest BCUT2D eigenvalue weighted by atomic mass is 79.9. The summed E-state index contributed by atoms with van der Waals surface area (Å²) >= 11 is 3.42. The highest BCUT2D eigenvalue weighted by Gasteiger charge is 2.13. The molecule has 0 radical (unpaired) electrons. The minimum absolute atomic E-state index is 0.382. The van der Waals surface area contributed by atoms with E-state index in [0.29, 0.717) is 17.2 Å². The van der Waals surface area contributed by atoms with E-state index in [4.69, 9.17) is 10.5 Å². The van der Waals surface area contributed by atoms with Crippen LogP contribution >= 0.6 is 15.9 Å². The van der Waals surface area contributed by atoms with Gasteiger partial charge in [-0.25, -0.2) is 4.79 Å². The van der Waals surface area contributed by atoms with Gasteiger partial charge in [-0.2, -0.15) is 0 Å². The van der Waals surface area contributed by atoms with Crippen molar-refractivity contribution in [3.63, 3.8) is 0 Å². The maximum Gasteiger partial charge on any atom is 0.340 e. The van der Waals surface area contributed by atoms with Gasteiger partial charge in [-0.15, -0.1) is 0 Å². The molecule has 0 heterocycles. The molecule has 0 aliphatic carbocycles. The number of benzene rings is 1. The first-order chi connectivity index (χ1) is 8.45. The second kappa shape index (κ2) is 6.64. The van der Waals surface area contributed by atoms with Gasteiger partial charge in [0.25, 0.3) is 0 Å². The van der Waals surface area contributed by atoms with E-state index in [1.54, 1.807) is 12.1 Å². The van der Waals surface area contributed by atoms with Crippen molar-refractivity contribution in [3.05, 3.63) is 22.2 Å². The molecule has 0 bridgehead atoms. The summed E-state index contributed by atoms with van der Waals surface area (Å²) in [6.07, 6.45) is 1.06. The number of rotatable bonds is 5. The van der Waals surface area contributed by atoms with Gasteiger partial charge < -0.3 is 15.8 Å². The summed E-state index contributed by atoms with van der Waals surface area (Å²) in [5, 5.41) is 3.28. The summed E-state index contributed by atoms with van der Waals surface area (Å²) in [6, 6.07) is 3.43. The molecule has 0 aromatic heterocycles. The molecule has 0 amide bonds. The Balaban J connectivity index is 2.88. The van der Waals surface area contributed by atoms with Crippen molar-refractivity contribution in [3.8, 4) is 0 Å². The third kappa shape index (κ3) is 3.91. The van der Waals surface area contributed by atoms with Crippen LogP contribution in [0.3, 0.4) is 0 Å². The number of carbonyl (C=O) groups is 1. The van der Waals surface area contributed by atoms with Crippen LogP contribution in [0.2, 0.25) is 0 Å². The Labute approximate surface area is 116 Å². The maximum atomic E-state index is 11.5. The zero-order valence-electron chi connectivity index (χ0n) is 10.9. The minimum Gasteiger partial charge on any atom is -0.465 e. The van der Waals surface area contributed by atoms with Crippen LogP contribution in [0.25, 0.3) is 0 Å². The van der Waals surface area contributed by atoms with Crippen molar-refractivity contribution < 1.29 is 9.53 Å². The fourth-order valence-corrected chi connectivity index (χ4v) is 2.01. The number of hydrogen-bond donors (Lipinski definition) is 2. The highest BCUT2D eigenvalue weighted by molar-refractivity contribution is 9.10. The van der Waals surface area contributed by atoms with Crippen LogP contribution in [-0.4, -0.2) is 19.6 Å². The van der Waals surface area contributed by atoms with Gasteiger partial charge in [0.15, 0.2) is 0 Å². The first-order valence-corrected chi connectivity index (χ1v) is 6.66. The van der Waals surface area contributed by atoms with E-state index in [2.05, 4.69) is 35.1 Å². The standard InChI is InChI=1S/C13H19BrN2O2/c1-8(2)4-5-16-12-6-9(13(17)18-3)11(15)7-10(12)14/h6-8,16H,4-5,15H2,1-3H3. The smallest absolute Gasteiger partial charge is 0.340 e. The lowest BCUT2D eigenvalue weighted by atomic mass is 10.1. The molecule has 1 aromatic carbocycles. The summed E-state index contributed by atoms with van der Waals surface area (Å²) in [6.45, 7) is 5.18. The van der Waals surface area contributed by atoms with Crippen molar-refractivity contribution in [2.75, 3.05) is 24.7 Å². The van der Waals surface area contributed by atoms with E-state index >= 15 is 0 Å². The molecular formula is C13H19BrN2O2. The number of methoxy groups -OCH3 is 1. The minimum atomic E-state index is -0.424. The third-order valence-electron chi connectivity index (χ3n) is 2.58. The van der Waals surface area contributed by atoms with Crippen molar-refractivity contribution in [2.45, 2.75) is 20.3 Å². The molecule has 1 aromatic rings. The predicted octanol–water partition coefficient (Wildman–Crippen LogP) is 3.28. The largest absolute Gasteiger partial charge is 0.465 e. The molecule has 5 heteroatoms. The Morgan fingerprint density at radius 2 is 2.17 bits per heavy atom. The van der Waals surface area contributed by atoms with Crippen LogP contribution in [0.1, 0.15) is 30.6 Å². The molecule has 0 spiro atoms. The first-order valence-electron chi connectivity index (χ1n) is 5.87. The van der Waals surface area contributed by atoms with Crippen LogP contribution in [0.15, 0.2) is 16.6 Å². The molecule has 0 saturated carbocycles. The second-order valence-electron chi connectivity index (χ2n) is 4.52. The molecule has 0 aliphatic rings. The number of nitrogens with one attached hydrogen (secondary N) is 1. The summed E-state index contributed by atoms with van der Waals surface area (Å²) in [7, 11) is 1.34. The normalized spacial score (nSPS) is 10.5. The van der Waals surface area contributed by atoms with Gasteiger partial charge >= 0.3 is 5.97 Å². The average Bonchev–Trinajstić information content (AvgIpc) is 2.30. The zero-order chi connectivity index (χ0) is 13.7. The van der Waals surface area contributed by atoms with Gasteiger partial charge in [-0.1, -0.05) is 13.8 Å². The van der Waals surface area contributed by atoms with E-state index in [1.165, 1.54) is 7.11 Å². The lowest BCUT2D eigenvalue weighted by Gasteiger charge is -2.13. The van der Waals surface area contributed by atoms with E-state index in [-0.39, 0.29) is 0 Å². The first kappa shape index (κ1) is 14.8. The van der Waals surface area contributed by atoms with Crippen LogP contribution in [0.4, 0.5) is 11.4 Å². The van der Waals surface area contributed by atoms with Crippen LogP contribution < -0.4 is 11.1 Å². The Bertz CT molecular complexity index is 433. The van der Waals surface area contributed by atoms with Crippen LogP contribution in [-0.2, 0) is 4.74 Å². The topological polar surface area (TPSA) is 64.3 Å². The quantitative estimate of drug-likeness (QED) is 0.646. The number of esters is 1. The van der Waals surface area contributed by atoms with Crippen molar-refractivity contribution in [1.82, 2.24) is 0 Å². The van der Waals surface area contributed by atoms with Crippen molar-refractivity contribution >= 4 is 33.3 Å². The molecule has 0 atom stereocenters. The number of anilines is 2. The number of nitrogen functional groups attached to an aromatic ring is 1. The molecule has 0 fully saturated rings. The summed E-state index contributed by atoms with van der Waals surface area (Å²) in [5.74, 6) is 0.206. The number of halogens is 1. The SMILES string of the molecule is COC(=O)c1cc(NCCC(C)C)c(Br)cc1N. The van der Waals surface area contributed by atoms with Gasteiger partial charge in [0, 0.05) is 22.4 Å². The third-order valence-corrected chi connectivity index (χ3v) is 3.24. The van der Waals surface area contributed by atoms with Crippen LogP contribution in [0, 0.1) is 5.92 Å². The Kier molecular flexibility index (Phi) is 5.47. The van der Waals surface area contributed by atoms with E-state index < -0.39 is 5.97 Å². The zero-order valence-corrected chi connectivity index (χ0v) is 12.5. The van der Waals surface area contributed by atoms with Crippen molar-refractivity contribution in [1.29, 1.82) is 0 Å². The van der Waals surface area contributed by atoms with Gasteiger partial charge in [0.05, 0.1) is 12.7 Å². The summed E-state index contributed by atoms with van der Waals surface area (Å²) in [4.78, 5) is 11.5. The van der Waals surface area contributed by atoms with Gasteiger partial charge in [-0.3, -0.25) is 0 Å². The van der Waals surface area contributed by atoms with E-state index in [0.717, 1.165) is 23.1 Å². The molecule has 18 heavy (non-hydrogen) atoms. The maximum absolute atomic E-state index is 11.5. The molecule has 4 nitrogen and oxygen atoms in total. The Hall–Kier alpha value is -1.23. The molecule has 0 saturated heterocycles. The highest BCUT2D eigenvalue weighted by Crippen LogP contribution is 2.28. The molecule has 0 aliphatic heterocycles. The molecular weight excluding hydrogens is 296 g/mol. The fourth-order valence-electron chi connectivity index (χ4n) is 1.51. The molecule has 1 rings (SSSR count). The number of nitrogens with two attached hydrogens (primary N) is 1. The Morgan fingerprint density at radius 3 is 2.72 bits per heavy atom. The van der Waals surface area contributed by atoms with E-state index in [1.807, 2.05) is 0 Å². The van der Waals surface area contributed by atoms with Gasteiger partial charge in [0.2, 0.25) is 0 Å². The van der Waals surface area contributed by atoms with Gasteiger partial charge in [0.1, 0.15) is 0 Å². The number of ether oxygens (including phenoxy) is 1. The molecule has 3 N–H and O–H groups in total. The fraction of sp³-hybridized carbons (Fsp3) is 0.462. The average molecular weight is 315 g/mol. The van der Waals surface area contributed by atoms with Gasteiger partial charge in [-0.05, 0) is 40.4 Å². The predicted molar refractivity (Wildman–Crippen MR) is 77.8 cm³/mol. The number of hydrogen-bond acceptors (Lipinski definition) is 4. The monoisotopic (exact) mass is 314 g/mol. The Morgan fingerprint density at radius 1 is 1.50 bits per heavy atom. The van der Waals surface area contributed by atoms with Crippen molar-refractivity contribution in [2.24, 2.45) is 5.92 Å². The molecule has 0 unspecified atom stereocenters. The summed E-state index contributed by atoms with van der Waals surface area (Å²) in [5.41, 5.74) is 7.42. The lowest BCUT2D eigenvalue weighted by molar-refractivity contribution is 0.0602. The lowest BCUT2D eigenvalue weighted by Crippen LogP contribution is -2.09. The summed E-state index contributed by atoms with van der Waals surface area (Å²) < 4.78 is 5.54. The number of carbonyl (C=O) groups excluding carboxylic acids is 1. The molecule has 100 valence electrons. The van der Waals surface area contributed by atoms with Crippen LogP contribution in [0.5, 0.6) is 0 Å². The van der Waals surface area contributed by atoms with E-state index in [9.17, 15) is 4.79 Å².